The molecule has 16 heavy (non-hydrogen) atoms. The highest BCUT2D eigenvalue weighted by Crippen LogP contribution is 2.12. The minimum Gasteiger partial charge on any atom is -0.494 e. The Morgan fingerprint density at radius 2 is 2.19 bits per heavy atom. The molecule has 0 saturated carbocycles. The molecule has 4 nitrogen and oxygen atoms in total. The van der Waals surface area contributed by atoms with Gasteiger partial charge in [-0.05, 0) is 38.7 Å². The van der Waals surface area contributed by atoms with E-state index in [2.05, 4.69) is 4.90 Å². The number of rotatable bonds is 6. The zero-order chi connectivity index (χ0) is 12.0. The van der Waals surface area contributed by atoms with E-state index in [0.29, 0.717) is 17.9 Å². The molecule has 1 aromatic rings. The van der Waals surface area contributed by atoms with Crippen LogP contribution in [0.5, 0.6) is 5.75 Å². The number of primary amides is 1. The van der Waals surface area contributed by atoms with E-state index in [1.165, 1.54) is 0 Å². The molecule has 88 valence electrons. The van der Waals surface area contributed by atoms with Crippen LogP contribution in [0, 0.1) is 0 Å². The molecule has 0 atom stereocenters. The number of nitrogens with two attached hydrogens (primary N) is 1. The Morgan fingerprint density at radius 1 is 1.44 bits per heavy atom. The number of carbonyl (C=O) groups is 1. The highest BCUT2D eigenvalue weighted by molar-refractivity contribution is 5.93. The van der Waals surface area contributed by atoms with Crippen molar-refractivity contribution in [2.24, 2.45) is 5.73 Å². The molecule has 1 amide bonds. The Labute approximate surface area is 96.0 Å². The van der Waals surface area contributed by atoms with E-state index < -0.39 is 5.91 Å². The summed E-state index contributed by atoms with van der Waals surface area (Å²) in [5.74, 6) is 0.258. The van der Waals surface area contributed by atoms with Crippen molar-refractivity contribution in [1.82, 2.24) is 4.90 Å². The van der Waals surface area contributed by atoms with Crippen molar-refractivity contribution in [3.8, 4) is 5.75 Å². The van der Waals surface area contributed by atoms with Gasteiger partial charge in [-0.1, -0.05) is 6.07 Å². The minimum atomic E-state index is -0.432. The van der Waals surface area contributed by atoms with Gasteiger partial charge in [0, 0.05) is 12.1 Å². The van der Waals surface area contributed by atoms with E-state index in [4.69, 9.17) is 10.5 Å². The third kappa shape index (κ3) is 4.31. The summed E-state index contributed by atoms with van der Waals surface area (Å²) in [6, 6.07) is 6.93. The SMILES string of the molecule is CN(C)CCCOc1cccc(C(N)=O)c1. The first-order valence-corrected chi connectivity index (χ1v) is 5.27. The lowest BCUT2D eigenvalue weighted by Gasteiger charge is -2.10. The van der Waals surface area contributed by atoms with Crippen molar-refractivity contribution in [1.29, 1.82) is 0 Å². The second-order valence-corrected chi connectivity index (χ2v) is 3.90. The summed E-state index contributed by atoms with van der Waals surface area (Å²) >= 11 is 0. The zero-order valence-electron chi connectivity index (χ0n) is 9.77. The number of ether oxygens (including phenoxy) is 1. The van der Waals surface area contributed by atoms with E-state index in [0.717, 1.165) is 13.0 Å². The molecule has 1 rings (SSSR count). The largest absolute Gasteiger partial charge is 0.494 e. The number of hydrogen-bond donors (Lipinski definition) is 1. The standard InChI is InChI=1S/C12H18N2O2/c1-14(2)7-4-8-16-11-6-3-5-10(9-11)12(13)15/h3,5-6,9H,4,7-8H2,1-2H3,(H2,13,15). The van der Waals surface area contributed by atoms with Crippen LogP contribution in [-0.2, 0) is 0 Å². The van der Waals surface area contributed by atoms with Gasteiger partial charge in [-0.15, -0.1) is 0 Å². The molecule has 0 spiro atoms. The number of carbonyl (C=O) groups excluding carboxylic acids is 1. The predicted molar refractivity (Wildman–Crippen MR) is 63.6 cm³/mol. The second kappa shape index (κ2) is 6.12. The predicted octanol–water partition coefficient (Wildman–Crippen LogP) is 1.12. The molecule has 0 aromatic heterocycles. The van der Waals surface area contributed by atoms with Crippen molar-refractivity contribution >= 4 is 5.91 Å². The highest BCUT2D eigenvalue weighted by Gasteiger charge is 2.01. The fraction of sp³-hybridized carbons (Fsp3) is 0.417. The third-order valence-electron chi connectivity index (χ3n) is 2.14. The van der Waals surface area contributed by atoms with E-state index in [9.17, 15) is 4.79 Å². The maximum absolute atomic E-state index is 10.9. The summed E-state index contributed by atoms with van der Waals surface area (Å²) in [7, 11) is 4.04. The van der Waals surface area contributed by atoms with E-state index >= 15 is 0 Å². The van der Waals surface area contributed by atoms with Crippen LogP contribution in [0.2, 0.25) is 0 Å². The Morgan fingerprint density at radius 3 is 2.81 bits per heavy atom. The lowest BCUT2D eigenvalue weighted by Crippen LogP contribution is -2.15. The van der Waals surface area contributed by atoms with Crippen LogP contribution in [0.15, 0.2) is 24.3 Å². The van der Waals surface area contributed by atoms with E-state index in [1.807, 2.05) is 20.2 Å². The maximum atomic E-state index is 10.9. The Kier molecular flexibility index (Phi) is 4.79. The van der Waals surface area contributed by atoms with Crippen LogP contribution in [0.1, 0.15) is 16.8 Å². The first-order chi connectivity index (χ1) is 7.59. The third-order valence-corrected chi connectivity index (χ3v) is 2.14. The van der Waals surface area contributed by atoms with Crippen LogP contribution in [0.25, 0.3) is 0 Å². The van der Waals surface area contributed by atoms with Gasteiger partial charge in [0.15, 0.2) is 0 Å². The normalized spacial score (nSPS) is 10.4. The van der Waals surface area contributed by atoms with E-state index in [-0.39, 0.29) is 0 Å². The molecule has 0 fully saturated rings. The second-order valence-electron chi connectivity index (χ2n) is 3.90. The van der Waals surface area contributed by atoms with Crippen molar-refractivity contribution in [3.63, 3.8) is 0 Å². The van der Waals surface area contributed by atoms with Gasteiger partial charge < -0.3 is 15.4 Å². The van der Waals surface area contributed by atoms with Crippen molar-refractivity contribution < 1.29 is 9.53 Å². The number of amides is 1. The molecule has 0 aliphatic carbocycles. The van der Waals surface area contributed by atoms with Gasteiger partial charge in [0.1, 0.15) is 5.75 Å². The van der Waals surface area contributed by atoms with Crippen molar-refractivity contribution in [2.75, 3.05) is 27.2 Å². The first-order valence-electron chi connectivity index (χ1n) is 5.27. The monoisotopic (exact) mass is 222 g/mol. The van der Waals surface area contributed by atoms with Gasteiger partial charge in [0.2, 0.25) is 5.91 Å². The average molecular weight is 222 g/mol. The molecule has 0 unspecified atom stereocenters. The molecule has 0 aliphatic heterocycles. The summed E-state index contributed by atoms with van der Waals surface area (Å²) < 4.78 is 5.51. The first kappa shape index (κ1) is 12.5. The fourth-order valence-electron chi connectivity index (χ4n) is 1.31. The zero-order valence-corrected chi connectivity index (χ0v) is 9.77. The molecule has 0 aliphatic rings. The quantitative estimate of drug-likeness (QED) is 0.734. The van der Waals surface area contributed by atoms with Crippen molar-refractivity contribution in [3.05, 3.63) is 29.8 Å². The summed E-state index contributed by atoms with van der Waals surface area (Å²) in [5, 5.41) is 0. The smallest absolute Gasteiger partial charge is 0.248 e. The van der Waals surface area contributed by atoms with Crippen LogP contribution in [0.3, 0.4) is 0 Å². The molecular weight excluding hydrogens is 204 g/mol. The Hall–Kier alpha value is -1.55. The van der Waals surface area contributed by atoms with Gasteiger partial charge in [-0.3, -0.25) is 4.79 Å². The molecule has 0 radical (unpaired) electrons. The van der Waals surface area contributed by atoms with E-state index in [1.54, 1.807) is 18.2 Å². The van der Waals surface area contributed by atoms with Crippen LogP contribution in [0.4, 0.5) is 0 Å². The van der Waals surface area contributed by atoms with Crippen LogP contribution in [-0.4, -0.2) is 38.1 Å². The molecular formula is C12H18N2O2. The maximum Gasteiger partial charge on any atom is 0.248 e. The number of benzene rings is 1. The molecule has 0 saturated heterocycles. The highest BCUT2D eigenvalue weighted by atomic mass is 16.5. The lowest BCUT2D eigenvalue weighted by atomic mass is 10.2. The summed E-state index contributed by atoms with van der Waals surface area (Å²) in [6.45, 7) is 1.62. The molecule has 2 N–H and O–H groups in total. The van der Waals surface area contributed by atoms with Gasteiger partial charge in [0.25, 0.3) is 0 Å². The van der Waals surface area contributed by atoms with Gasteiger partial charge in [-0.2, -0.15) is 0 Å². The average Bonchev–Trinajstić information content (AvgIpc) is 2.24. The Balaban J connectivity index is 2.42. The molecule has 0 bridgehead atoms. The van der Waals surface area contributed by atoms with Gasteiger partial charge in [-0.25, -0.2) is 0 Å². The molecule has 0 heterocycles. The summed E-state index contributed by atoms with van der Waals surface area (Å²) in [6.07, 6.45) is 0.952. The number of nitrogens with zero attached hydrogens (tertiary/aromatic N) is 1. The topological polar surface area (TPSA) is 55.6 Å². The van der Waals surface area contributed by atoms with Crippen LogP contribution < -0.4 is 10.5 Å². The van der Waals surface area contributed by atoms with Gasteiger partial charge >= 0.3 is 0 Å². The summed E-state index contributed by atoms with van der Waals surface area (Å²) in [4.78, 5) is 13.0. The summed E-state index contributed by atoms with van der Waals surface area (Å²) in [5.41, 5.74) is 5.65. The Bertz CT molecular complexity index is 351. The fourth-order valence-corrected chi connectivity index (χ4v) is 1.31. The molecule has 1 aromatic carbocycles. The number of hydrogen-bond acceptors (Lipinski definition) is 3. The molecule has 4 heteroatoms. The minimum absolute atomic E-state index is 0.432. The van der Waals surface area contributed by atoms with Gasteiger partial charge in [0.05, 0.1) is 6.61 Å². The lowest BCUT2D eigenvalue weighted by molar-refractivity contribution is 0.1000. The van der Waals surface area contributed by atoms with Crippen molar-refractivity contribution in [2.45, 2.75) is 6.42 Å². The van der Waals surface area contributed by atoms with Crippen LogP contribution >= 0.6 is 0 Å².